The van der Waals surface area contributed by atoms with Crippen molar-refractivity contribution >= 4 is 51.7 Å². The van der Waals surface area contributed by atoms with Crippen LogP contribution in [0.25, 0.3) is 33.4 Å². The highest BCUT2D eigenvalue weighted by molar-refractivity contribution is 6.39. The molecular weight excluding hydrogens is 577 g/mol. The first-order valence-electron chi connectivity index (χ1n) is 13.0. The number of anilines is 2. The highest BCUT2D eigenvalue weighted by Gasteiger charge is 2.45. The van der Waals surface area contributed by atoms with Crippen LogP contribution in [0.4, 0.5) is 11.5 Å². The fraction of sp³-hybridized carbons (Fsp3) is 0.200. The molecule has 1 fully saturated rings. The number of ether oxygens (including phenoxy) is 1. The monoisotopic (exact) mass is 601 g/mol. The summed E-state index contributed by atoms with van der Waals surface area (Å²) in [6, 6.07) is 13.0. The summed E-state index contributed by atoms with van der Waals surface area (Å²) in [7, 11) is 1.53. The minimum absolute atomic E-state index is 0.354. The third-order valence-electron chi connectivity index (χ3n) is 7.24. The second-order valence-corrected chi connectivity index (χ2v) is 11.0. The first kappa shape index (κ1) is 27.8. The Hall–Kier alpha value is -4.38. The summed E-state index contributed by atoms with van der Waals surface area (Å²) in [6.45, 7) is 3.03. The fourth-order valence-corrected chi connectivity index (χ4v) is 5.69. The maximum atomic E-state index is 11.4. The van der Waals surface area contributed by atoms with Crippen LogP contribution < -0.4 is 10.1 Å². The van der Waals surface area contributed by atoms with Crippen LogP contribution in [0.5, 0.6) is 5.88 Å². The highest BCUT2D eigenvalue weighted by Crippen LogP contribution is 2.42. The number of hydrogen-bond acceptors (Lipinski definition) is 9. The van der Waals surface area contributed by atoms with E-state index in [1.165, 1.54) is 7.11 Å². The van der Waals surface area contributed by atoms with Crippen molar-refractivity contribution in [1.82, 2.24) is 29.8 Å². The zero-order chi connectivity index (χ0) is 29.4. The molecule has 0 atom stereocenters. The van der Waals surface area contributed by atoms with Crippen molar-refractivity contribution < 1.29 is 14.6 Å². The van der Waals surface area contributed by atoms with Gasteiger partial charge in [0.1, 0.15) is 11.2 Å². The van der Waals surface area contributed by atoms with Crippen molar-refractivity contribution in [2.75, 3.05) is 25.5 Å². The van der Waals surface area contributed by atoms with Crippen LogP contribution >= 0.6 is 23.2 Å². The summed E-state index contributed by atoms with van der Waals surface area (Å²) in [5.41, 5.74) is 4.47. The summed E-state index contributed by atoms with van der Waals surface area (Å²) in [4.78, 5) is 35.9. The van der Waals surface area contributed by atoms with Gasteiger partial charge in [-0.1, -0.05) is 53.5 Å². The maximum absolute atomic E-state index is 11.4. The van der Waals surface area contributed by atoms with Gasteiger partial charge >= 0.3 is 5.97 Å². The quantitative estimate of drug-likeness (QED) is 0.215. The molecular formula is C30H25Cl2N7O3. The number of carboxylic acid groups (broad SMARTS) is 1. The van der Waals surface area contributed by atoms with E-state index in [-0.39, 0.29) is 0 Å². The molecule has 0 bridgehead atoms. The number of benzene rings is 2. The molecule has 0 radical (unpaired) electrons. The van der Waals surface area contributed by atoms with Gasteiger partial charge in [0.2, 0.25) is 5.88 Å². The molecule has 2 N–H and O–H groups in total. The topological polar surface area (TPSA) is 126 Å². The Balaban J connectivity index is 1.29. The van der Waals surface area contributed by atoms with Crippen molar-refractivity contribution in [3.05, 3.63) is 83.0 Å². The second kappa shape index (κ2) is 11.1. The van der Waals surface area contributed by atoms with E-state index in [9.17, 15) is 9.90 Å². The largest absolute Gasteiger partial charge is 0.481 e. The number of aliphatic carboxylic acids is 1. The number of halogens is 2. The Morgan fingerprint density at radius 3 is 2.45 bits per heavy atom. The van der Waals surface area contributed by atoms with Crippen LogP contribution in [-0.2, 0) is 11.3 Å². The zero-order valence-corrected chi connectivity index (χ0v) is 24.2. The molecule has 6 rings (SSSR count). The van der Waals surface area contributed by atoms with Gasteiger partial charge in [0, 0.05) is 54.9 Å². The molecule has 5 aromatic rings. The van der Waals surface area contributed by atoms with E-state index in [2.05, 4.69) is 30.2 Å². The van der Waals surface area contributed by atoms with E-state index < -0.39 is 11.4 Å². The number of pyridine rings is 1. The molecule has 1 aliphatic rings. The predicted molar refractivity (Wildman–Crippen MR) is 161 cm³/mol. The van der Waals surface area contributed by atoms with Crippen molar-refractivity contribution in [3.8, 4) is 28.3 Å². The smallest absolute Gasteiger partial charge is 0.311 e. The molecule has 0 amide bonds. The summed E-state index contributed by atoms with van der Waals surface area (Å²) in [5, 5.41) is 13.6. The van der Waals surface area contributed by atoms with E-state index in [0.29, 0.717) is 80.6 Å². The Bertz CT molecular complexity index is 1820. The average molecular weight is 602 g/mol. The first-order chi connectivity index (χ1) is 20.3. The van der Waals surface area contributed by atoms with Crippen molar-refractivity contribution in [2.45, 2.75) is 13.5 Å². The van der Waals surface area contributed by atoms with Gasteiger partial charge in [0.15, 0.2) is 5.82 Å². The van der Waals surface area contributed by atoms with Crippen molar-refractivity contribution in [2.24, 2.45) is 5.41 Å². The zero-order valence-electron chi connectivity index (χ0n) is 22.7. The summed E-state index contributed by atoms with van der Waals surface area (Å²) in [5.74, 6) is 0.0863. The predicted octanol–water partition coefficient (Wildman–Crippen LogP) is 6.11. The van der Waals surface area contributed by atoms with Gasteiger partial charge < -0.3 is 15.2 Å². The highest BCUT2D eigenvalue weighted by atomic mass is 35.5. The van der Waals surface area contributed by atoms with E-state index in [4.69, 9.17) is 27.9 Å². The number of carboxylic acids is 1. The molecule has 0 aliphatic carbocycles. The summed E-state index contributed by atoms with van der Waals surface area (Å²) in [6.07, 6.45) is 6.55. The minimum Gasteiger partial charge on any atom is -0.481 e. The molecule has 0 saturated carbocycles. The lowest BCUT2D eigenvalue weighted by Gasteiger charge is -2.44. The number of rotatable bonds is 8. The molecule has 1 saturated heterocycles. The van der Waals surface area contributed by atoms with Crippen molar-refractivity contribution in [3.63, 3.8) is 0 Å². The molecule has 10 nitrogen and oxygen atoms in total. The number of hydrogen-bond donors (Lipinski definition) is 2. The number of methoxy groups -OCH3 is 1. The molecule has 212 valence electrons. The Morgan fingerprint density at radius 2 is 1.69 bits per heavy atom. The minimum atomic E-state index is -0.803. The Morgan fingerprint density at radius 1 is 0.976 bits per heavy atom. The molecule has 0 spiro atoms. The van der Waals surface area contributed by atoms with E-state index >= 15 is 0 Å². The van der Waals surface area contributed by atoms with Crippen LogP contribution in [-0.4, -0.2) is 61.1 Å². The standard InChI is InChI=1S/C30H25Cl2N7O3/c1-30(29(40)41)15-39(16-30)14-23-28(42-2)38-22(13-36-23)19-7-3-5-17(24(19)31)18-6-4-8-20(25(18)32)37-27-26-21(9-10-35-27)33-11-12-34-26/h3-13H,14-16H2,1-2H3,(H,35,37)(H,40,41). The Kier molecular flexibility index (Phi) is 7.36. The van der Waals surface area contributed by atoms with E-state index in [1.54, 1.807) is 37.8 Å². The third kappa shape index (κ3) is 5.09. The lowest BCUT2D eigenvalue weighted by Crippen LogP contribution is -2.58. The number of likely N-dealkylation sites (tertiary alicyclic amines) is 1. The lowest BCUT2D eigenvalue weighted by atomic mass is 9.82. The second-order valence-electron chi connectivity index (χ2n) is 10.3. The molecule has 42 heavy (non-hydrogen) atoms. The number of carbonyl (C=O) groups is 1. The summed E-state index contributed by atoms with van der Waals surface area (Å²) >= 11 is 13.9. The molecule has 4 heterocycles. The van der Waals surface area contributed by atoms with Crippen LogP contribution in [0.2, 0.25) is 10.0 Å². The molecule has 2 aromatic carbocycles. The van der Waals surface area contributed by atoms with E-state index in [0.717, 1.165) is 5.56 Å². The van der Waals surface area contributed by atoms with Gasteiger partial charge in [-0.3, -0.25) is 19.7 Å². The van der Waals surface area contributed by atoms with Gasteiger partial charge in [-0.05, 0) is 19.1 Å². The first-order valence-corrected chi connectivity index (χ1v) is 13.8. The maximum Gasteiger partial charge on any atom is 0.311 e. The van der Waals surface area contributed by atoms with E-state index in [1.807, 2.05) is 41.3 Å². The van der Waals surface area contributed by atoms with Gasteiger partial charge in [0.25, 0.3) is 0 Å². The average Bonchev–Trinajstić information content (AvgIpc) is 2.98. The van der Waals surface area contributed by atoms with Crippen LogP contribution in [0, 0.1) is 5.41 Å². The number of nitrogens with zero attached hydrogens (tertiary/aromatic N) is 6. The summed E-state index contributed by atoms with van der Waals surface area (Å²) < 4.78 is 5.55. The number of fused-ring (bicyclic) bond motifs is 1. The molecule has 3 aromatic heterocycles. The van der Waals surface area contributed by atoms with Crippen molar-refractivity contribution in [1.29, 1.82) is 0 Å². The lowest BCUT2D eigenvalue weighted by molar-refractivity contribution is -0.159. The van der Waals surface area contributed by atoms with Crippen LogP contribution in [0.15, 0.2) is 67.3 Å². The molecule has 1 aliphatic heterocycles. The SMILES string of the molecule is COc1nc(-c2cccc(-c3cccc(Nc4nccc5nccnc45)c3Cl)c2Cl)cnc1CN1CC(C)(C(=O)O)C1. The van der Waals surface area contributed by atoms with Gasteiger partial charge in [0.05, 0.1) is 45.7 Å². The fourth-order valence-electron chi connectivity index (χ4n) is 5.09. The normalized spacial score (nSPS) is 14.4. The molecule has 12 heteroatoms. The van der Waals surface area contributed by atoms with Gasteiger partial charge in [-0.15, -0.1) is 0 Å². The molecule has 0 unspecified atom stereocenters. The van der Waals surface area contributed by atoms with Gasteiger partial charge in [-0.2, -0.15) is 0 Å². The van der Waals surface area contributed by atoms with Crippen LogP contribution in [0.3, 0.4) is 0 Å². The third-order valence-corrected chi connectivity index (χ3v) is 8.06. The van der Waals surface area contributed by atoms with Gasteiger partial charge in [-0.25, -0.2) is 15.0 Å². The number of nitrogens with one attached hydrogen (secondary N) is 1. The number of aromatic nitrogens is 5. The Labute approximate surface area is 251 Å². The van der Waals surface area contributed by atoms with Crippen LogP contribution in [0.1, 0.15) is 12.6 Å².